The van der Waals surface area contributed by atoms with Crippen molar-refractivity contribution in [3.05, 3.63) is 35.2 Å². The summed E-state index contributed by atoms with van der Waals surface area (Å²) in [5, 5.41) is 10.5. The van der Waals surface area contributed by atoms with Crippen LogP contribution in [0.2, 0.25) is 0 Å². The van der Waals surface area contributed by atoms with Gasteiger partial charge in [0.2, 0.25) is 0 Å². The molecule has 18 heavy (non-hydrogen) atoms. The Hall–Kier alpha value is -2.01. The van der Waals surface area contributed by atoms with Crippen molar-refractivity contribution in [1.29, 1.82) is 0 Å². The van der Waals surface area contributed by atoms with Gasteiger partial charge < -0.3 is 14.6 Å². The van der Waals surface area contributed by atoms with E-state index >= 15 is 0 Å². The monoisotopic (exact) mass is 264 g/mol. The van der Waals surface area contributed by atoms with E-state index in [1.807, 2.05) is 12.1 Å². The number of hydrogen-bond acceptors (Lipinski definition) is 4. The first-order valence-electron chi connectivity index (χ1n) is 5.19. The average Bonchev–Trinajstić information content (AvgIpc) is 2.87. The van der Waals surface area contributed by atoms with Gasteiger partial charge in [0.1, 0.15) is 11.5 Å². The molecule has 0 aliphatic rings. The van der Waals surface area contributed by atoms with Gasteiger partial charge in [-0.2, -0.15) is 0 Å². The molecule has 0 radical (unpaired) electrons. The van der Waals surface area contributed by atoms with Crippen molar-refractivity contribution in [3.8, 4) is 21.9 Å². The quantitative estimate of drug-likeness (QED) is 0.921. The van der Waals surface area contributed by atoms with Crippen LogP contribution in [0.3, 0.4) is 0 Å². The molecule has 2 rings (SSSR count). The SMILES string of the molecule is COc1cc(OC)cc(-c2cc(C(=O)O)cs2)c1. The van der Waals surface area contributed by atoms with Gasteiger partial charge in [-0.15, -0.1) is 11.3 Å². The highest BCUT2D eigenvalue weighted by Crippen LogP contribution is 2.33. The van der Waals surface area contributed by atoms with Crippen molar-refractivity contribution in [2.45, 2.75) is 0 Å². The molecular formula is C13H12O4S. The summed E-state index contributed by atoms with van der Waals surface area (Å²) < 4.78 is 10.4. The Balaban J connectivity index is 2.45. The molecular weight excluding hydrogens is 252 g/mol. The van der Waals surface area contributed by atoms with Crippen molar-refractivity contribution in [2.75, 3.05) is 14.2 Å². The summed E-state index contributed by atoms with van der Waals surface area (Å²) in [5.41, 5.74) is 1.17. The van der Waals surface area contributed by atoms with Gasteiger partial charge in [-0.05, 0) is 23.8 Å². The number of rotatable bonds is 4. The van der Waals surface area contributed by atoms with Crippen molar-refractivity contribution in [2.24, 2.45) is 0 Å². The lowest BCUT2D eigenvalue weighted by Crippen LogP contribution is -1.91. The molecule has 2 aromatic rings. The second-order valence-electron chi connectivity index (χ2n) is 3.61. The first kappa shape index (κ1) is 12.4. The maximum Gasteiger partial charge on any atom is 0.336 e. The predicted molar refractivity (Wildman–Crippen MR) is 69.8 cm³/mol. The number of thiophene rings is 1. The molecule has 94 valence electrons. The second kappa shape index (κ2) is 5.10. The number of hydrogen-bond donors (Lipinski definition) is 1. The zero-order valence-electron chi connectivity index (χ0n) is 9.97. The summed E-state index contributed by atoms with van der Waals surface area (Å²) in [4.78, 5) is 11.7. The van der Waals surface area contributed by atoms with E-state index < -0.39 is 5.97 Å². The van der Waals surface area contributed by atoms with Gasteiger partial charge in [0, 0.05) is 16.3 Å². The predicted octanol–water partition coefficient (Wildman–Crippen LogP) is 3.13. The Labute approximate surface area is 108 Å². The summed E-state index contributed by atoms with van der Waals surface area (Å²) in [5.74, 6) is 0.427. The molecule has 1 aromatic heterocycles. The normalized spacial score (nSPS) is 10.1. The smallest absolute Gasteiger partial charge is 0.336 e. The molecule has 0 spiro atoms. The van der Waals surface area contributed by atoms with Crippen LogP contribution in [-0.2, 0) is 0 Å². The van der Waals surface area contributed by atoms with Crippen molar-refractivity contribution >= 4 is 17.3 Å². The van der Waals surface area contributed by atoms with E-state index in [0.717, 1.165) is 10.4 Å². The third-order valence-electron chi connectivity index (χ3n) is 2.48. The Morgan fingerprint density at radius 3 is 2.17 bits per heavy atom. The lowest BCUT2D eigenvalue weighted by atomic mass is 10.1. The minimum absolute atomic E-state index is 0.289. The number of benzene rings is 1. The van der Waals surface area contributed by atoms with Crippen LogP contribution >= 0.6 is 11.3 Å². The molecule has 0 bridgehead atoms. The Kier molecular flexibility index (Phi) is 3.53. The zero-order chi connectivity index (χ0) is 13.1. The summed E-state index contributed by atoms with van der Waals surface area (Å²) in [6.07, 6.45) is 0. The van der Waals surface area contributed by atoms with E-state index in [0.29, 0.717) is 11.5 Å². The van der Waals surface area contributed by atoms with Crippen LogP contribution in [-0.4, -0.2) is 25.3 Å². The number of carboxylic acids is 1. The lowest BCUT2D eigenvalue weighted by molar-refractivity contribution is 0.0697. The van der Waals surface area contributed by atoms with Gasteiger partial charge in [0.05, 0.1) is 19.8 Å². The van der Waals surface area contributed by atoms with Crippen LogP contribution < -0.4 is 9.47 Å². The highest BCUT2D eigenvalue weighted by Gasteiger charge is 2.10. The van der Waals surface area contributed by atoms with Crippen molar-refractivity contribution < 1.29 is 19.4 Å². The molecule has 4 nitrogen and oxygen atoms in total. The Morgan fingerprint density at radius 1 is 1.11 bits per heavy atom. The van der Waals surface area contributed by atoms with Gasteiger partial charge in [-0.1, -0.05) is 0 Å². The third-order valence-corrected chi connectivity index (χ3v) is 3.46. The number of carboxylic acid groups (broad SMARTS) is 1. The molecule has 1 N–H and O–H groups in total. The number of methoxy groups -OCH3 is 2. The first-order chi connectivity index (χ1) is 8.63. The molecule has 0 saturated carbocycles. The van der Waals surface area contributed by atoms with Crippen LogP contribution in [0, 0.1) is 0 Å². The van der Waals surface area contributed by atoms with Gasteiger partial charge in [0.15, 0.2) is 0 Å². The molecule has 0 aliphatic heterocycles. The highest BCUT2D eigenvalue weighted by atomic mass is 32.1. The van der Waals surface area contributed by atoms with Crippen LogP contribution in [0.4, 0.5) is 0 Å². The Morgan fingerprint density at radius 2 is 1.72 bits per heavy atom. The lowest BCUT2D eigenvalue weighted by Gasteiger charge is -2.06. The van der Waals surface area contributed by atoms with Crippen LogP contribution in [0.15, 0.2) is 29.6 Å². The molecule has 0 unspecified atom stereocenters. The summed E-state index contributed by atoms with van der Waals surface area (Å²) in [6.45, 7) is 0. The summed E-state index contributed by atoms with van der Waals surface area (Å²) in [6, 6.07) is 7.11. The van der Waals surface area contributed by atoms with Gasteiger partial charge >= 0.3 is 5.97 Å². The van der Waals surface area contributed by atoms with Crippen molar-refractivity contribution in [1.82, 2.24) is 0 Å². The molecule has 0 fully saturated rings. The van der Waals surface area contributed by atoms with E-state index in [1.165, 1.54) is 11.3 Å². The van der Waals surface area contributed by atoms with E-state index in [9.17, 15) is 4.79 Å². The summed E-state index contributed by atoms with van der Waals surface area (Å²) in [7, 11) is 3.16. The molecule has 5 heteroatoms. The van der Waals surface area contributed by atoms with E-state index in [-0.39, 0.29) is 5.56 Å². The van der Waals surface area contributed by atoms with Crippen LogP contribution in [0.5, 0.6) is 11.5 Å². The highest BCUT2D eigenvalue weighted by molar-refractivity contribution is 7.13. The van der Waals surface area contributed by atoms with Gasteiger partial charge in [0.25, 0.3) is 0 Å². The third kappa shape index (κ3) is 2.46. The fourth-order valence-corrected chi connectivity index (χ4v) is 2.42. The maximum absolute atomic E-state index is 10.8. The first-order valence-corrected chi connectivity index (χ1v) is 6.07. The molecule has 0 amide bonds. The van der Waals surface area contributed by atoms with Crippen molar-refractivity contribution in [3.63, 3.8) is 0 Å². The number of ether oxygens (including phenoxy) is 2. The molecule has 1 aromatic carbocycles. The largest absolute Gasteiger partial charge is 0.497 e. The van der Waals surface area contributed by atoms with Gasteiger partial charge in [-0.3, -0.25) is 0 Å². The van der Waals surface area contributed by atoms with Crippen LogP contribution in [0.1, 0.15) is 10.4 Å². The second-order valence-corrected chi connectivity index (χ2v) is 4.52. The fourth-order valence-electron chi connectivity index (χ4n) is 1.55. The molecule has 0 saturated heterocycles. The van der Waals surface area contributed by atoms with E-state index in [1.54, 1.807) is 31.7 Å². The Bertz CT molecular complexity index is 552. The maximum atomic E-state index is 10.8. The van der Waals surface area contributed by atoms with E-state index in [4.69, 9.17) is 14.6 Å². The number of aromatic carboxylic acids is 1. The van der Waals surface area contributed by atoms with E-state index in [2.05, 4.69) is 0 Å². The minimum atomic E-state index is -0.924. The fraction of sp³-hybridized carbons (Fsp3) is 0.154. The zero-order valence-corrected chi connectivity index (χ0v) is 10.8. The average molecular weight is 264 g/mol. The minimum Gasteiger partial charge on any atom is -0.497 e. The molecule has 0 atom stereocenters. The number of carbonyl (C=O) groups is 1. The molecule has 1 heterocycles. The van der Waals surface area contributed by atoms with Gasteiger partial charge in [-0.25, -0.2) is 4.79 Å². The molecule has 0 aliphatic carbocycles. The standard InChI is InChI=1S/C13H12O4S/c1-16-10-3-8(4-11(6-10)17-2)12-5-9(7-18-12)13(14)15/h3-7H,1-2H3,(H,14,15). The summed E-state index contributed by atoms with van der Waals surface area (Å²) >= 11 is 1.38. The van der Waals surface area contributed by atoms with Crippen LogP contribution in [0.25, 0.3) is 10.4 Å². The topological polar surface area (TPSA) is 55.8 Å².